The first-order valence-corrected chi connectivity index (χ1v) is 14.5. The van der Waals surface area contributed by atoms with Crippen molar-refractivity contribution < 1.29 is 23.8 Å². The molecule has 1 N–H and O–H groups in total. The van der Waals surface area contributed by atoms with Crippen molar-refractivity contribution in [2.24, 2.45) is 5.92 Å². The van der Waals surface area contributed by atoms with Crippen LogP contribution in [-0.4, -0.2) is 43.3 Å². The summed E-state index contributed by atoms with van der Waals surface area (Å²) in [5.74, 6) is 0.855. The number of ether oxygens (including phenoxy) is 2. The third-order valence-electron chi connectivity index (χ3n) is 8.13. The van der Waals surface area contributed by atoms with E-state index in [1.165, 1.54) is 11.6 Å². The summed E-state index contributed by atoms with van der Waals surface area (Å²) >= 11 is 6.27. The Morgan fingerprint density at radius 3 is 2.79 bits per heavy atom. The minimum absolute atomic E-state index is 0.0242. The van der Waals surface area contributed by atoms with Crippen LogP contribution in [0.5, 0.6) is 5.88 Å². The van der Waals surface area contributed by atoms with E-state index < -0.39 is 5.97 Å². The van der Waals surface area contributed by atoms with Crippen molar-refractivity contribution in [3.63, 3.8) is 0 Å². The fraction of sp³-hybridized carbons (Fsp3) is 0.312. The predicted molar refractivity (Wildman–Crippen MR) is 158 cm³/mol. The van der Waals surface area contributed by atoms with E-state index in [0.29, 0.717) is 41.1 Å². The number of hydrogen-bond acceptors (Lipinski definition) is 7. The second kappa shape index (κ2) is 11.2. The molecule has 1 unspecified atom stereocenters. The van der Waals surface area contributed by atoms with Gasteiger partial charge in [-0.15, -0.1) is 0 Å². The summed E-state index contributed by atoms with van der Waals surface area (Å²) in [6.45, 7) is 1.72. The Hall–Kier alpha value is -4.21. The van der Waals surface area contributed by atoms with Crippen LogP contribution in [0, 0.1) is 5.92 Å². The molecule has 2 atom stereocenters. The number of benzene rings is 1. The third kappa shape index (κ3) is 5.26. The van der Waals surface area contributed by atoms with Crippen molar-refractivity contribution in [3.8, 4) is 5.88 Å². The van der Waals surface area contributed by atoms with Crippen LogP contribution in [0.4, 0.5) is 0 Å². The molecule has 1 aromatic carbocycles. The zero-order valence-corrected chi connectivity index (χ0v) is 23.6. The molecule has 5 aromatic rings. The van der Waals surface area contributed by atoms with E-state index in [1.54, 1.807) is 12.3 Å². The van der Waals surface area contributed by atoms with Crippen LogP contribution in [0.15, 0.2) is 65.3 Å². The summed E-state index contributed by atoms with van der Waals surface area (Å²) < 4.78 is 19.4. The topological polar surface area (TPSA) is 112 Å². The lowest BCUT2D eigenvalue weighted by molar-refractivity contribution is -0.0591. The van der Waals surface area contributed by atoms with Crippen LogP contribution in [0.2, 0.25) is 5.02 Å². The van der Waals surface area contributed by atoms with Gasteiger partial charge in [0.25, 0.3) is 0 Å². The van der Waals surface area contributed by atoms with Gasteiger partial charge in [-0.05, 0) is 67.5 Å². The van der Waals surface area contributed by atoms with Gasteiger partial charge in [0.05, 0.1) is 29.6 Å². The molecular formula is C32H29ClN4O5. The molecule has 4 aromatic heterocycles. The highest BCUT2D eigenvalue weighted by molar-refractivity contribution is 6.35. The second-order valence-electron chi connectivity index (χ2n) is 10.9. The Labute approximate surface area is 246 Å². The zero-order chi connectivity index (χ0) is 28.6. The minimum atomic E-state index is -1.04. The molecule has 0 spiro atoms. The summed E-state index contributed by atoms with van der Waals surface area (Å²) in [7, 11) is 0. The average molecular weight is 585 g/mol. The number of halogens is 1. The van der Waals surface area contributed by atoms with Crippen molar-refractivity contribution in [2.45, 2.75) is 51.4 Å². The smallest absolute Gasteiger partial charge is 0.354 e. The molecule has 0 radical (unpaired) electrons. The number of carbonyl (C=O) groups is 1. The number of nitrogens with zero attached hydrogens (tertiary/aromatic N) is 4. The number of imidazole rings is 1. The highest BCUT2D eigenvalue weighted by Crippen LogP contribution is 2.33. The SMILES string of the molecule is O=C(O)c1ccc2nc(CC3CC=C(c4cccc(OCc5ccc(Cl)c6ccoc56)n4)CC3)n(C[C@@H]3CCO3)c2n1. The number of rotatable bonds is 9. The molecule has 0 amide bonds. The fourth-order valence-electron chi connectivity index (χ4n) is 5.74. The van der Waals surface area contributed by atoms with Gasteiger partial charge in [0.15, 0.2) is 11.3 Å². The van der Waals surface area contributed by atoms with Gasteiger partial charge in [-0.25, -0.2) is 19.7 Å². The quantitative estimate of drug-likeness (QED) is 0.203. The van der Waals surface area contributed by atoms with Gasteiger partial charge < -0.3 is 23.6 Å². The number of aromatic carboxylic acids is 1. The minimum Gasteiger partial charge on any atom is -0.477 e. The lowest BCUT2D eigenvalue weighted by Gasteiger charge is -2.28. The van der Waals surface area contributed by atoms with Gasteiger partial charge in [-0.2, -0.15) is 0 Å². The predicted octanol–water partition coefficient (Wildman–Crippen LogP) is 6.72. The number of allylic oxidation sites excluding steroid dienone is 2. The molecule has 7 rings (SSSR count). The van der Waals surface area contributed by atoms with Crippen LogP contribution in [0.25, 0.3) is 27.7 Å². The van der Waals surface area contributed by atoms with Crippen molar-refractivity contribution in [3.05, 3.63) is 88.7 Å². The summed E-state index contributed by atoms with van der Waals surface area (Å²) in [4.78, 5) is 25.6. The maximum absolute atomic E-state index is 11.5. The number of aromatic nitrogens is 4. The normalized spacial score (nSPS) is 18.6. The maximum Gasteiger partial charge on any atom is 0.354 e. The molecule has 10 heteroatoms. The van der Waals surface area contributed by atoms with E-state index in [0.717, 1.165) is 66.8 Å². The van der Waals surface area contributed by atoms with Crippen LogP contribution >= 0.6 is 11.6 Å². The standard InChI is InChI=1S/C32H29ClN4O5/c33-24-9-8-21(30-23(24)13-15-41-30)18-42-29-3-1-2-25(35-29)20-6-4-19(5-7-20)16-28-34-26-10-11-27(32(38)39)36-31(26)37(28)17-22-12-14-40-22/h1-3,6,8-11,13,15,19,22H,4-5,7,12,14,16-18H2,(H,38,39)/t19?,22-/m0/s1. The molecule has 5 heterocycles. The van der Waals surface area contributed by atoms with Crippen molar-refractivity contribution in [2.75, 3.05) is 6.61 Å². The summed E-state index contributed by atoms with van der Waals surface area (Å²) in [5, 5.41) is 11.0. The molecule has 1 aliphatic carbocycles. The molecule has 0 saturated carbocycles. The first-order chi connectivity index (χ1) is 20.5. The second-order valence-corrected chi connectivity index (χ2v) is 11.3. The van der Waals surface area contributed by atoms with Crippen molar-refractivity contribution in [1.82, 2.24) is 19.5 Å². The van der Waals surface area contributed by atoms with E-state index in [2.05, 4.69) is 15.6 Å². The lowest BCUT2D eigenvalue weighted by atomic mass is 9.86. The van der Waals surface area contributed by atoms with E-state index >= 15 is 0 Å². The van der Waals surface area contributed by atoms with E-state index in [4.69, 9.17) is 35.5 Å². The van der Waals surface area contributed by atoms with Crippen LogP contribution in [0.1, 0.15) is 53.3 Å². The molecule has 214 valence electrons. The Bertz CT molecular complexity index is 1820. The van der Waals surface area contributed by atoms with E-state index in [-0.39, 0.29) is 11.8 Å². The highest BCUT2D eigenvalue weighted by Gasteiger charge is 2.25. The molecule has 1 aliphatic heterocycles. The largest absolute Gasteiger partial charge is 0.477 e. The van der Waals surface area contributed by atoms with Crippen LogP contribution < -0.4 is 4.74 Å². The monoisotopic (exact) mass is 584 g/mol. The van der Waals surface area contributed by atoms with E-state index in [1.807, 2.05) is 36.4 Å². The number of carboxylic acid groups (broad SMARTS) is 1. The molecule has 1 fully saturated rings. The Balaban J connectivity index is 1.05. The van der Waals surface area contributed by atoms with Crippen LogP contribution in [-0.2, 0) is 24.3 Å². The summed E-state index contributed by atoms with van der Waals surface area (Å²) in [5.41, 5.74) is 5.12. The van der Waals surface area contributed by atoms with Crippen LogP contribution in [0.3, 0.4) is 0 Å². The number of carboxylic acids is 1. The molecule has 0 bridgehead atoms. The zero-order valence-electron chi connectivity index (χ0n) is 22.8. The average Bonchev–Trinajstić information content (AvgIpc) is 3.61. The summed E-state index contributed by atoms with van der Waals surface area (Å²) in [6.07, 6.45) is 8.58. The van der Waals surface area contributed by atoms with Crippen molar-refractivity contribution in [1.29, 1.82) is 0 Å². The summed E-state index contributed by atoms with van der Waals surface area (Å²) in [6, 6.07) is 14.7. The third-order valence-corrected chi connectivity index (χ3v) is 8.46. The van der Waals surface area contributed by atoms with Gasteiger partial charge in [0.2, 0.25) is 5.88 Å². The number of hydrogen-bond donors (Lipinski definition) is 1. The Morgan fingerprint density at radius 1 is 1.10 bits per heavy atom. The number of fused-ring (bicyclic) bond motifs is 2. The molecule has 1 saturated heterocycles. The highest BCUT2D eigenvalue weighted by atomic mass is 35.5. The number of pyridine rings is 2. The number of furan rings is 1. The van der Waals surface area contributed by atoms with Crippen molar-refractivity contribution >= 4 is 45.3 Å². The van der Waals surface area contributed by atoms with Gasteiger partial charge in [-0.3, -0.25) is 0 Å². The van der Waals surface area contributed by atoms with Gasteiger partial charge in [0.1, 0.15) is 23.5 Å². The maximum atomic E-state index is 11.5. The first-order valence-electron chi connectivity index (χ1n) is 14.2. The molecular weight excluding hydrogens is 556 g/mol. The van der Waals surface area contributed by atoms with Gasteiger partial charge >= 0.3 is 5.97 Å². The Kier molecular flexibility index (Phi) is 7.13. The molecule has 2 aliphatic rings. The first kappa shape index (κ1) is 26.7. The molecule has 9 nitrogen and oxygen atoms in total. The Morgan fingerprint density at radius 2 is 2.00 bits per heavy atom. The lowest BCUT2D eigenvalue weighted by Crippen LogP contribution is -2.32. The molecule has 42 heavy (non-hydrogen) atoms. The van der Waals surface area contributed by atoms with E-state index in [9.17, 15) is 9.90 Å². The fourth-order valence-corrected chi connectivity index (χ4v) is 5.95. The van der Waals surface area contributed by atoms with Gasteiger partial charge in [0, 0.05) is 30.0 Å². The van der Waals surface area contributed by atoms with Gasteiger partial charge in [-0.1, -0.05) is 29.8 Å².